The van der Waals surface area contributed by atoms with Crippen LogP contribution in [0.25, 0.3) is 11.1 Å². The second-order valence-corrected chi connectivity index (χ2v) is 4.15. The van der Waals surface area contributed by atoms with Crippen LogP contribution in [0.2, 0.25) is 0 Å². The third-order valence-electron chi connectivity index (χ3n) is 2.71. The Morgan fingerprint density at radius 3 is 3.00 bits per heavy atom. The summed E-state index contributed by atoms with van der Waals surface area (Å²) in [4.78, 5) is 0. The summed E-state index contributed by atoms with van der Waals surface area (Å²) in [7, 11) is 0. The van der Waals surface area contributed by atoms with Gasteiger partial charge in [0, 0.05) is 11.3 Å². The second-order valence-electron chi connectivity index (χ2n) is 4.15. The van der Waals surface area contributed by atoms with Gasteiger partial charge in [0.25, 0.3) is 0 Å². The number of hydrogen-bond acceptors (Lipinski definition) is 3. The molecule has 0 saturated carbocycles. The van der Waals surface area contributed by atoms with Crippen LogP contribution in [0, 0.1) is 6.92 Å². The molecule has 0 unspecified atom stereocenters. The molecule has 0 aliphatic carbocycles. The molecule has 1 heterocycles. The zero-order valence-corrected chi connectivity index (χ0v) is 11.1. The van der Waals surface area contributed by atoms with Crippen LogP contribution in [0.4, 0.5) is 0 Å². The average Bonchev–Trinajstić information content (AvgIpc) is 2.85. The molecular formula is C15H18N2O2. The number of aryl methyl sites for hydroxylation is 1. The fourth-order valence-corrected chi connectivity index (χ4v) is 1.78. The molecule has 0 atom stereocenters. The summed E-state index contributed by atoms with van der Waals surface area (Å²) in [6.07, 6.45) is 3.55. The summed E-state index contributed by atoms with van der Waals surface area (Å²) in [6.45, 7) is 7.23. The highest BCUT2D eigenvalue weighted by Gasteiger charge is 2.04. The van der Waals surface area contributed by atoms with E-state index in [-0.39, 0.29) is 0 Å². The van der Waals surface area contributed by atoms with Crippen LogP contribution >= 0.6 is 0 Å². The number of aromatic amines is 1. The number of H-pyrrole nitrogens is 1. The van der Waals surface area contributed by atoms with Crippen molar-refractivity contribution >= 4 is 0 Å². The van der Waals surface area contributed by atoms with E-state index in [0.717, 1.165) is 22.6 Å². The average molecular weight is 258 g/mol. The quantitative estimate of drug-likeness (QED) is 0.613. The molecule has 100 valence electrons. The smallest absolute Gasteiger partial charge is 0.120 e. The first-order valence-corrected chi connectivity index (χ1v) is 6.23. The molecule has 19 heavy (non-hydrogen) atoms. The molecule has 0 bridgehead atoms. The van der Waals surface area contributed by atoms with Crippen LogP contribution in [0.1, 0.15) is 5.69 Å². The number of aromatic nitrogens is 2. The lowest BCUT2D eigenvalue weighted by Gasteiger charge is -2.08. The van der Waals surface area contributed by atoms with Crippen LogP contribution < -0.4 is 4.74 Å². The first-order chi connectivity index (χ1) is 9.31. The van der Waals surface area contributed by atoms with Gasteiger partial charge in [-0.2, -0.15) is 5.10 Å². The van der Waals surface area contributed by atoms with Gasteiger partial charge in [0.1, 0.15) is 12.4 Å². The van der Waals surface area contributed by atoms with E-state index in [4.69, 9.17) is 9.47 Å². The van der Waals surface area contributed by atoms with Crippen molar-refractivity contribution in [3.63, 3.8) is 0 Å². The van der Waals surface area contributed by atoms with Crippen molar-refractivity contribution in [2.24, 2.45) is 0 Å². The number of rotatable bonds is 7. The Morgan fingerprint density at radius 1 is 1.37 bits per heavy atom. The third kappa shape index (κ3) is 3.69. The first kappa shape index (κ1) is 13.4. The van der Waals surface area contributed by atoms with E-state index >= 15 is 0 Å². The molecule has 0 amide bonds. The van der Waals surface area contributed by atoms with Gasteiger partial charge in [-0.3, -0.25) is 5.10 Å². The Hall–Kier alpha value is -2.07. The van der Waals surface area contributed by atoms with E-state index in [9.17, 15) is 0 Å². The topological polar surface area (TPSA) is 47.1 Å². The fourth-order valence-electron chi connectivity index (χ4n) is 1.78. The normalized spacial score (nSPS) is 10.4. The summed E-state index contributed by atoms with van der Waals surface area (Å²) in [5.41, 5.74) is 3.23. The number of nitrogens with zero attached hydrogens (tertiary/aromatic N) is 1. The van der Waals surface area contributed by atoms with Crippen molar-refractivity contribution < 1.29 is 9.47 Å². The summed E-state index contributed by atoms with van der Waals surface area (Å²) in [6, 6.07) is 7.96. The van der Waals surface area contributed by atoms with Crippen molar-refractivity contribution in [2.75, 3.05) is 19.8 Å². The number of benzene rings is 1. The van der Waals surface area contributed by atoms with Gasteiger partial charge in [0.2, 0.25) is 0 Å². The summed E-state index contributed by atoms with van der Waals surface area (Å²) in [5, 5.41) is 6.96. The standard InChI is InChI=1S/C15H18N2O2/c1-3-7-18-8-9-19-14-6-4-5-13(10-14)15-11-16-17-12(15)2/h3-6,10-11H,1,7-9H2,2H3,(H,16,17). The molecule has 1 N–H and O–H groups in total. The molecule has 0 saturated heterocycles. The fraction of sp³-hybridized carbons (Fsp3) is 0.267. The SMILES string of the molecule is C=CCOCCOc1cccc(-c2cn[nH]c2C)c1. The van der Waals surface area contributed by atoms with Crippen LogP contribution in [0.15, 0.2) is 43.1 Å². The molecule has 1 aromatic carbocycles. The highest BCUT2D eigenvalue weighted by Crippen LogP contribution is 2.25. The molecule has 0 spiro atoms. The minimum Gasteiger partial charge on any atom is -0.491 e. The van der Waals surface area contributed by atoms with E-state index in [2.05, 4.69) is 16.8 Å². The number of ether oxygens (including phenoxy) is 2. The van der Waals surface area contributed by atoms with Gasteiger partial charge in [-0.1, -0.05) is 18.2 Å². The lowest BCUT2D eigenvalue weighted by Crippen LogP contribution is -2.06. The molecule has 0 aliphatic heterocycles. The molecular weight excluding hydrogens is 240 g/mol. The Balaban J connectivity index is 1.96. The van der Waals surface area contributed by atoms with Gasteiger partial charge in [-0.15, -0.1) is 6.58 Å². The zero-order chi connectivity index (χ0) is 13.5. The molecule has 0 radical (unpaired) electrons. The van der Waals surface area contributed by atoms with Gasteiger partial charge in [-0.05, 0) is 24.6 Å². The molecule has 0 aliphatic rings. The van der Waals surface area contributed by atoms with Crippen LogP contribution in [0.3, 0.4) is 0 Å². The van der Waals surface area contributed by atoms with Crippen molar-refractivity contribution in [3.8, 4) is 16.9 Å². The predicted molar refractivity (Wildman–Crippen MR) is 75.3 cm³/mol. The van der Waals surface area contributed by atoms with Gasteiger partial charge in [0.05, 0.1) is 19.4 Å². The van der Waals surface area contributed by atoms with E-state index in [1.807, 2.05) is 37.4 Å². The highest BCUT2D eigenvalue weighted by atomic mass is 16.5. The van der Waals surface area contributed by atoms with Crippen molar-refractivity contribution in [1.82, 2.24) is 10.2 Å². The van der Waals surface area contributed by atoms with Gasteiger partial charge in [-0.25, -0.2) is 0 Å². The molecule has 2 aromatic rings. The molecule has 4 heteroatoms. The van der Waals surface area contributed by atoms with Crippen molar-refractivity contribution in [3.05, 3.63) is 48.8 Å². The Morgan fingerprint density at radius 2 is 2.26 bits per heavy atom. The Bertz CT molecular complexity index is 534. The number of hydrogen-bond donors (Lipinski definition) is 1. The lowest BCUT2D eigenvalue weighted by molar-refractivity contribution is 0.121. The monoisotopic (exact) mass is 258 g/mol. The van der Waals surface area contributed by atoms with Gasteiger partial charge in [0.15, 0.2) is 0 Å². The molecule has 1 aromatic heterocycles. The van der Waals surface area contributed by atoms with Crippen LogP contribution in [0.5, 0.6) is 5.75 Å². The van der Waals surface area contributed by atoms with E-state index in [1.54, 1.807) is 6.08 Å². The summed E-state index contributed by atoms with van der Waals surface area (Å²) < 4.78 is 10.9. The van der Waals surface area contributed by atoms with E-state index < -0.39 is 0 Å². The molecule has 2 rings (SSSR count). The first-order valence-electron chi connectivity index (χ1n) is 6.23. The van der Waals surface area contributed by atoms with Crippen LogP contribution in [-0.4, -0.2) is 30.0 Å². The lowest BCUT2D eigenvalue weighted by atomic mass is 10.1. The Kier molecular flexibility index (Phi) is 4.75. The number of nitrogens with one attached hydrogen (secondary N) is 1. The van der Waals surface area contributed by atoms with Crippen molar-refractivity contribution in [1.29, 1.82) is 0 Å². The minimum atomic E-state index is 0.529. The minimum absolute atomic E-state index is 0.529. The summed E-state index contributed by atoms with van der Waals surface area (Å²) >= 11 is 0. The Labute approximate surface area is 113 Å². The van der Waals surface area contributed by atoms with E-state index in [1.165, 1.54) is 0 Å². The predicted octanol–water partition coefficient (Wildman–Crippen LogP) is 2.97. The molecule has 0 fully saturated rings. The highest BCUT2D eigenvalue weighted by molar-refractivity contribution is 5.66. The maximum absolute atomic E-state index is 5.64. The maximum Gasteiger partial charge on any atom is 0.120 e. The third-order valence-corrected chi connectivity index (χ3v) is 2.71. The van der Waals surface area contributed by atoms with Gasteiger partial charge >= 0.3 is 0 Å². The van der Waals surface area contributed by atoms with Crippen LogP contribution in [-0.2, 0) is 4.74 Å². The zero-order valence-electron chi connectivity index (χ0n) is 11.1. The molecule has 4 nitrogen and oxygen atoms in total. The van der Waals surface area contributed by atoms with Gasteiger partial charge < -0.3 is 9.47 Å². The van der Waals surface area contributed by atoms with Crippen molar-refractivity contribution in [2.45, 2.75) is 6.92 Å². The second kappa shape index (κ2) is 6.75. The largest absolute Gasteiger partial charge is 0.491 e. The maximum atomic E-state index is 5.64. The van der Waals surface area contributed by atoms with E-state index in [0.29, 0.717) is 19.8 Å². The summed E-state index contributed by atoms with van der Waals surface area (Å²) in [5.74, 6) is 0.834.